The molecule has 0 bridgehead atoms. The van der Waals surface area contributed by atoms with Crippen LogP contribution in [0.25, 0.3) is 0 Å². The van der Waals surface area contributed by atoms with Crippen LogP contribution in [0, 0.1) is 0 Å². The van der Waals surface area contributed by atoms with Crippen molar-refractivity contribution in [3.63, 3.8) is 0 Å². The molecule has 1 N–H and O–H groups in total. The maximum Gasteiger partial charge on any atom is 0.259 e. The number of rotatable bonds is 7. The largest absolute Gasteiger partial charge is 0.367 e. The molecule has 6 heteroatoms. The van der Waals surface area contributed by atoms with Crippen LogP contribution >= 0.6 is 0 Å². The molecular weight excluding hydrogens is 352 g/mol. The lowest BCUT2D eigenvalue weighted by molar-refractivity contribution is -0.126. The minimum absolute atomic E-state index is 0.184. The second-order valence-corrected chi connectivity index (χ2v) is 7.49. The fourth-order valence-corrected chi connectivity index (χ4v) is 3.58. The van der Waals surface area contributed by atoms with Gasteiger partial charge < -0.3 is 10.1 Å². The maximum atomic E-state index is 12.8. The van der Waals surface area contributed by atoms with Crippen molar-refractivity contribution < 1.29 is 9.53 Å². The summed E-state index contributed by atoms with van der Waals surface area (Å²) in [7, 11) is 1.55. The molecule has 3 rings (SSSR count). The van der Waals surface area contributed by atoms with Gasteiger partial charge in [0.15, 0.2) is 6.10 Å². The highest BCUT2D eigenvalue weighted by molar-refractivity contribution is 5.94. The summed E-state index contributed by atoms with van der Waals surface area (Å²) in [6.07, 6.45) is 5.42. The number of aromatic nitrogens is 2. The molecule has 150 valence electrons. The molecule has 1 aliphatic heterocycles. The standard InChI is InChI=1S/C22H30N4O2/c1-17(2)10-14-25-15-11-19(12-16-25)26-20(9-13-23-26)24-22(27)21(28-3)18-7-5-4-6-8-18/h4-10,13,19,21H,11-12,14-16H2,1-3H3,(H,24,27)/t21-/m1/s1. The Hall–Kier alpha value is -2.44. The van der Waals surface area contributed by atoms with Crippen molar-refractivity contribution in [3.05, 3.63) is 59.8 Å². The quantitative estimate of drug-likeness (QED) is 0.740. The molecule has 0 unspecified atom stereocenters. The molecule has 1 aromatic carbocycles. The highest BCUT2D eigenvalue weighted by Gasteiger charge is 2.25. The van der Waals surface area contributed by atoms with E-state index in [9.17, 15) is 4.79 Å². The van der Waals surface area contributed by atoms with E-state index in [-0.39, 0.29) is 5.91 Å². The third-order valence-electron chi connectivity index (χ3n) is 5.16. The summed E-state index contributed by atoms with van der Waals surface area (Å²) < 4.78 is 7.39. The van der Waals surface area contributed by atoms with Gasteiger partial charge in [-0.25, -0.2) is 4.68 Å². The topological polar surface area (TPSA) is 59.4 Å². The van der Waals surface area contributed by atoms with Crippen LogP contribution in [0.2, 0.25) is 0 Å². The van der Waals surface area contributed by atoms with Crippen LogP contribution < -0.4 is 5.32 Å². The Balaban J connectivity index is 1.63. The fourth-order valence-electron chi connectivity index (χ4n) is 3.58. The lowest BCUT2D eigenvalue weighted by Gasteiger charge is -2.32. The van der Waals surface area contributed by atoms with E-state index in [4.69, 9.17) is 4.74 Å². The van der Waals surface area contributed by atoms with Crippen LogP contribution in [-0.4, -0.2) is 47.3 Å². The van der Waals surface area contributed by atoms with Crippen molar-refractivity contribution in [1.82, 2.24) is 14.7 Å². The molecule has 1 aromatic heterocycles. The lowest BCUT2D eigenvalue weighted by Crippen LogP contribution is -2.35. The van der Waals surface area contributed by atoms with Gasteiger partial charge in [0.05, 0.1) is 12.2 Å². The SMILES string of the molecule is CO[C@@H](C(=O)Nc1ccnn1C1CCN(CC=C(C)C)CC1)c1ccccc1. The Kier molecular flexibility index (Phi) is 7.01. The Morgan fingerprint density at radius 2 is 1.96 bits per heavy atom. The van der Waals surface area contributed by atoms with Crippen molar-refractivity contribution in [2.24, 2.45) is 0 Å². The number of amides is 1. The van der Waals surface area contributed by atoms with Gasteiger partial charge in [-0.1, -0.05) is 42.0 Å². The van der Waals surface area contributed by atoms with E-state index >= 15 is 0 Å². The normalized spacial score (nSPS) is 16.5. The maximum absolute atomic E-state index is 12.8. The van der Waals surface area contributed by atoms with E-state index in [0.717, 1.165) is 43.9 Å². The lowest BCUT2D eigenvalue weighted by atomic mass is 10.1. The smallest absolute Gasteiger partial charge is 0.259 e. The number of piperidine rings is 1. The molecule has 1 fully saturated rings. The van der Waals surface area contributed by atoms with Crippen molar-refractivity contribution in [2.45, 2.75) is 38.8 Å². The summed E-state index contributed by atoms with van der Waals surface area (Å²) >= 11 is 0. The van der Waals surface area contributed by atoms with E-state index in [1.165, 1.54) is 5.57 Å². The first kappa shape index (κ1) is 20.3. The summed E-state index contributed by atoms with van der Waals surface area (Å²) in [4.78, 5) is 15.2. The first-order valence-corrected chi connectivity index (χ1v) is 9.86. The average molecular weight is 383 g/mol. The van der Waals surface area contributed by atoms with Gasteiger partial charge in [-0.3, -0.25) is 9.69 Å². The van der Waals surface area contributed by atoms with Crippen LogP contribution in [0.1, 0.15) is 44.4 Å². The summed E-state index contributed by atoms with van der Waals surface area (Å²) in [5, 5.41) is 7.48. The van der Waals surface area contributed by atoms with Gasteiger partial charge in [0.1, 0.15) is 5.82 Å². The molecule has 1 aliphatic rings. The molecule has 0 saturated carbocycles. The number of carbonyl (C=O) groups is 1. The van der Waals surface area contributed by atoms with Gasteiger partial charge in [-0.2, -0.15) is 5.10 Å². The Morgan fingerprint density at radius 3 is 2.61 bits per heavy atom. The number of hydrogen-bond donors (Lipinski definition) is 1. The van der Waals surface area contributed by atoms with Crippen LogP contribution in [-0.2, 0) is 9.53 Å². The molecule has 2 aromatic rings. The number of benzene rings is 1. The number of methoxy groups -OCH3 is 1. The number of anilines is 1. The van der Waals surface area contributed by atoms with E-state index < -0.39 is 6.10 Å². The molecule has 0 spiro atoms. The average Bonchev–Trinajstić information content (AvgIpc) is 3.16. The molecule has 2 heterocycles. The molecule has 6 nitrogen and oxygen atoms in total. The number of allylic oxidation sites excluding steroid dienone is 1. The van der Waals surface area contributed by atoms with E-state index in [1.807, 2.05) is 41.1 Å². The van der Waals surface area contributed by atoms with Crippen LogP contribution in [0.4, 0.5) is 5.82 Å². The van der Waals surface area contributed by atoms with E-state index in [2.05, 4.69) is 35.2 Å². The summed E-state index contributed by atoms with van der Waals surface area (Å²) in [6, 6.07) is 11.7. The number of hydrogen-bond acceptors (Lipinski definition) is 4. The Labute approximate surface area is 167 Å². The number of carbonyl (C=O) groups excluding carboxylic acids is 1. The molecule has 0 radical (unpaired) electrons. The van der Waals surface area contributed by atoms with Gasteiger partial charge in [0.25, 0.3) is 5.91 Å². The van der Waals surface area contributed by atoms with E-state index in [0.29, 0.717) is 6.04 Å². The molecular formula is C22H30N4O2. The number of nitrogens with one attached hydrogen (secondary N) is 1. The summed E-state index contributed by atoms with van der Waals surface area (Å²) in [5.41, 5.74) is 2.19. The number of ether oxygens (including phenoxy) is 1. The zero-order chi connectivity index (χ0) is 19.9. The third-order valence-corrected chi connectivity index (χ3v) is 5.16. The predicted molar refractivity (Wildman–Crippen MR) is 111 cm³/mol. The fraction of sp³-hybridized carbons (Fsp3) is 0.455. The molecule has 1 amide bonds. The molecule has 1 atom stereocenters. The van der Waals surface area contributed by atoms with Gasteiger partial charge >= 0.3 is 0 Å². The summed E-state index contributed by atoms with van der Waals surface area (Å²) in [5.74, 6) is 0.544. The number of likely N-dealkylation sites (tertiary alicyclic amines) is 1. The zero-order valence-corrected chi connectivity index (χ0v) is 17.0. The third kappa shape index (κ3) is 5.09. The van der Waals surface area contributed by atoms with E-state index in [1.54, 1.807) is 13.3 Å². The predicted octanol–water partition coefficient (Wildman–Crippen LogP) is 3.81. The molecule has 1 saturated heterocycles. The molecule has 0 aliphatic carbocycles. The highest BCUT2D eigenvalue weighted by Crippen LogP contribution is 2.26. The molecule has 28 heavy (non-hydrogen) atoms. The van der Waals surface area contributed by atoms with Crippen molar-refractivity contribution in [1.29, 1.82) is 0 Å². The van der Waals surface area contributed by atoms with Gasteiger partial charge in [-0.15, -0.1) is 0 Å². The monoisotopic (exact) mass is 382 g/mol. The Bertz CT molecular complexity index is 788. The second-order valence-electron chi connectivity index (χ2n) is 7.49. The first-order chi connectivity index (χ1) is 13.6. The first-order valence-electron chi connectivity index (χ1n) is 9.86. The van der Waals surface area contributed by atoms with Crippen molar-refractivity contribution in [2.75, 3.05) is 32.1 Å². The van der Waals surface area contributed by atoms with Crippen molar-refractivity contribution >= 4 is 11.7 Å². The Morgan fingerprint density at radius 1 is 1.25 bits per heavy atom. The van der Waals surface area contributed by atoms with Crippen LogP contribution in [0.15, 0.2) is 54.2 Å². The van der Waals surface area contributed by atoms with Gasteiger partial charge in [0.2, 0.25) is 0 Å². The summed E-state index contributed by atoms with van der Waals surface area (Å²) in [6.45, 7) is 7.34. The van der Waals surface area contributed by atoms with Gasteiger partial charge in [0, 0.05) is 32.8 Å². The van der Waals surface area contributed by atoms with Gasteiger partial charge in [-0.05, 0) is 32.3 Å². The zero-order valence-electron chi connectivity index (χ0n) is 17.0. The highest BCUT2D eigenvalue weighted by atomic mass is 16.5. The van der Waals surface area contributed by atoms with Crippen LogP contribution in [0.5, 0.6) is 0 Å². The number of nitrogens with zero attached hydrogens (tertiary/aromatic N) is 3. The van der Waals surface area contributed by atoms with Crippen LogP contribution in [0.3, 0.4) is 0 Å². The minimum atomic E-state index is -0.643. The minimum Gasteiger partial charge on any atom is -0.367 e. The van der Waals surface area contributed by atoms with Crippen molar-refractivity contribution in [3.8, 4) is 0 Å². The second kappa shape index (κ2) is 9.66.